The van der Waals surface area contributed by atoms with E-state index in [2.05, 4.69) is 17.1 Å². The third kappa shape index (κ3) is 2.92. The molecule has 0 aromatic carbocycles. The summed E-state index contributed by atoms with van der Waals surface area (Å²) in [4.78, 5) is 14.9. The molecule has 2 aliphatic heterocycles. The Morgan fingerprint density at radius 2 is 1.95 bits per heavy atom. The van der Waals surface area contributed by atoms with E-state index in [0.717, 1.165) is 26.1 Å². The first-order valence-corrected chi connectivity index (χ1v) is 7.74. The van der Waals surface area contributed by atoms with Crippen LogP contribution in [-0.4, -0.2) is 36.5 Å². The first-order valence-electron chi connectivity index (χ1n) is 7.74. The maximum absolute atomic E-state index is 12.7. The van der Waals surface area contributed by atoms with Crippen LogP contribution >= 0.6 is 12.4 Å². The number of likely N-dealkylation sites (tertiary alicyclic amines) is 1. The number of hydrogen-bond donors (Lipinski definition) is 1. The topological polar surface area (TPSA) is 32.3 Å². The third-order valence-electron chi connectivity index (χ3n) is 5.42. The molecule has 2 atom stereocenters. The smallest absolute Gasteiger partial charge is 0.226 e. The van der Waals surface area contributed by atoms with Crippen LogP contribution in [0.3, 0.4) is 0 Å². The number of nitrogens with one attached hydrogen (secondary N) is 1. The van der Waals surface area contributed by atoms with Gasteiger partial charge in [-0.1, -0.05) is 12.8 Å². The molecule has 3 rings (SSSR count). The highest BCUT2D eigenvalue weighted by molar-refractivity contribution is 5.85. The summed E-state index contributed by atoms with van der Waals surface area (Å²) in [5, 5.41) is 3.41. The standard InChI is InChI=1S/C15H26N2O.ClH/c1-12-5-3-2-4-10-17(12)14(18)13-11-15(13)6-8-16-9-7-15;/h12-13,16H,2-11H2,1H3;1H. The first-order chi connectivity index (χ1) is 8.73. The molecule has 3 nitrogen and oxygen atoms in total. The van der Waals surface area contributed by atoms with Gasteiger partial charge in [0.2, 0.25) is 5.91 Å². The lowest BCUT2D eigenvalue weighted by Crippen LogP contribution is -2.41. The predicted octanol–water partition coefficient (Wildman–Crippen LogP) is 2.59. The Morgan fingerprint density at radius 3 is 2.68 bits per heavy atom. The normalized spacial score (nSPS) is 33.4. The maximum atomic E-state index is 12.7. The predicted molar refractivity (Wildman–Crippen MR) is 79.5 cm³/mol. The minimum atomic E-state index is 0. The Hall–Kier alpha value is -0.280. The number of carbonyl (C=O) groups is 1. The van der Waals surface area contributed by atoms with Crippen LogP contribution in [0.2, 0.25) is 0 Å². The van der Waals surface area contributed by atoms with Crippen molar-refractivity contribution < 1.29 is 4.79 Å². The van der Waals surface area contributed by atoms with Gasteiger partial charge in [0.15, 0.2) is 0 Å². The van der Waals surface area contributed by atoms with Crippen molar-refractivity contribution >= 4 is 18.3 Å². The van der Waals surface area contributed by atoms with Gasteiger partial charge in [-0.25, -0.2) is 0 Å². The molecule has 1 spiro atoms. The van der Waals surface area contributed by atoms with E-state index in [1.807, 2.05) is 0 Å². The fraction of sp³-hybridized carbons (Fsp3) is 0.933. The molecular weight excluding hydrogens is 260 g/mol. The summed E-state index contributed by atoms with van der Waals surface area (Å²) < 4.78 is 0. The Kier molecular flexibility index (Phi) is 4.78. The minimum Gasteiger partial charge on any atom is -0.340 e. The Morgan fingerprint density at radius 1 is 1.21 bits per heavy atom. The lowest BCUT2D eigenvalue weighted by Gasteiger charge is -2.30. The van der Waals surface area contributed by atoms with E-state index in [9.17, 15) is 4.79 Å². The van der Waals surface area contributed by atoms with E-state index in [1.54, 1.807) is 0 Å². The molecule has 110 valence electrons. The number of nitrogens with zero attached hydrogens (tertiary/aromatic N) is 1. The second kappa shape index (κ2) is 6.01. The summed E-state index contributed by atoms with van der Waals surface area (Å²) in [6.07, 6.45) is 8.59. The first kappa shape index (κ1) is 15.1. The number of hydrogen-bond acceptors (Lipinski definition) is 2. The van der Waals surface area contributed by atoms with E-state index >= 15 is 0 Å². The molecule has 0 bridgehead atoms. The summed E-state index contributed by atoms with van der Waals surface area (Å²) in [7, 11) is 0. The van der Waals surface area contributed by atoms with Crippen molar-refractivity contribution in [2.45, 2.75) is 57.9 Å². The van der Waals surface area contributed by atoms with Crippen molar-refractivity contribution in [1.29, 1.82) is 0 Å². The molecule has 1 amide bonds. The van der Waals surface area contributed by atoms with Crippen molar-refractivity contribution in [2.75, 3.05) is 19.6 Å². The molecule has 3 aliphatic rings. The molecule has 2 heterocycles. The van der Waals surface area contributed by atoms with Crippen molar-refractivity contribution in [1.82, 2.24) is 10.2 Å². The zero-order valence-electron chi connectivity index (χ0n) is 12.0. The number of piperidine rings is 1. The molecular formula is C15H27ClN2O. The van der Waals surface area contributed by atoms with Crippen molar-refractivity contribution in [3.05, 3.63) is 0 Å². The fourth-order valence-corrected chi connectivity index (χ4v) is 3.98. The van der Waals surface area contributed by atoms with Gasteiger partial charge in [0.25, 0.3) is 0 Å². The van der Waals surface area contributed by atoms with Crippen LogP contribution in [0, 0.1) is 11.3 Å². The zero-order chi connectivity index (χ0) is 12.6. The largest absolute Gasteiger partial charge is 0.340 e. The maximum Gasteiger partial charge on any atom is 0.226 e. The highest BCUT2D eigenvalue weighted by atomic mass is 35.5. The average Bonchev–Trinajstić information content (AvgIpc) is 3.11. The fourth-order valence-electron chi connectivity index (χ4n) is 3.98. The Bertz CT molecular complexity index is 328. The van der Waals surface area contributed by atoms with Gasteiger partial charge < -0.3 is 10.2 Å². The molecule has 3 fully saturated rings. The SMILES string of the molecule is CC1CCCCCN1C(=O)C1CC12CCNCC2.Cl. The Balaban J connectivity index is 0.00000133. The van der Waals surface area contributed by atoms with E-state index in [0.29, 0.717) is 23.3 Å². The van der Waals surface area contributed by atoms with Crippen molar-refractivity contribution in [2.24, 2.45) is 11.3 Å². The van der Waals surface area contributed by atoms with Gasteiger partial charge in [-0.3, -0.25) is 4.79 Å². The van der Waals surface area contributed by atoms with Crippen molar-refractivity contribution in [3.8, 4) is 0 Å². The highest BCUT2D eigenvalue weighted by Gasteiger charge is 2.58. The van der Waals surface area contributed by atoms with Crippen LogP contribution < -0.4 is 5.32 Å². The molecule has 1 aliphatic carbocycles. The average molecular weight is 287 g/mol. The van der Waals surface area contributed by atoms with Gasteiger partial charge in [0, 0.05) is 18.5 Å². The van der Waals surface area contributed by atoms with Gasteiger partial charge in [-0.2, -0.15) is 0 Å². The molecule has 0 radical (unpaired) electrons. The summed E-state index contributed by atoms with van der Waals surface area (Å²) in [6, 6.07) is 0.472. The molecule has 1 N–H and O–H groups in total. The zero-order valence-corrected chi connectivity index (χ0v) is 12.8. The van der Waals surface area contributed by atoms with Crippen LogP contribution in [0.4, 0.5) is 0 Å². The molecule has 4 heteroatoms. The van der Waals surface area contributed by atoms with E-state index in [-0.39, 0.29) is 12.4 Å². The second-order valence-corrected chi connectivity index (χ2v) is 6.60. The molecule has 1 saturated carbocycles. The van der Waals surface area contributed by atoms with Gasteiger partial charge in [-0.15, -0.1) is 12.4 Å². The second-order valence-electron chi connectivity index (χ2n) is 6.60. The van der Waals surface area contributed by atoms with Gasteiger partial charge in [0.05, 0.1) is 0 Å². The van der Waals surface area contributed by atoms with Gasteiger partial charge >= 0.3 is 0 Å². The van der Waals surface area contributed by atoms with Gasteiger partial charge in [0.1, 0.15) is 0 Å². The lowest BCUT2D eigenvalue weighted by atomic mass is 9.91. The Labute approximate surface area is 122 Å². The third-order valence-corrected chi connectivity index (χ3v) is 5.42. The van der Waals surface area contributed by atoms with Crippen LogP contribution in [0.15, 0.2) is 0 Å². The van der Waals surface area contributed by atoms with E-state index in [1.165, 1.54) is 38.5 Å². The molecule has 19 heavy (non-hydrogen) atoms. The summed E-state index contributed by atoms with van der Waals surface area (Å²) in [5.74, 6) is 0.839. The summed E-state index contributed by atoms with van der Waals surface area (Å²) in [5.41, 5.74) is 0.397. The number of halogens is 1. The van der Waals surface area contributed by atoms with Crippen LogP contribution in [-0.2, 0) is 4.79 Å². The van der Waals surface area contributed by atoms with Crippen molar-refractivity contribution in [3.63, 3.8) is 0 Å². The molecule has 2 saturated heterocycles. The minimum absolute atomic E-state index is 0. The number of carbonyl (C=O) groups excluding carboxylic acids is 1. The van der Waals surface area contributed by atoms with Crippen LogP contribution in [0.1, 0.15) is 51.9 Å². The number of amides is 1. The highest BCUT2D eigenvalue weighted by Crippen LogP contribution is 2.59. The summed E-state index contributed by atoms with van der Waals surface area (Å²) in [6.45, 7) is 5.46. The van der Waals surface area contributed by atoms with Crippen LogP contribution in [0.25, 0.3) is 0 Å². The lowest BCUT2D eigenvalue weighted by molar-refractivity contribution is -0.135. The van der Waals surface area contributed by atoms with E-state index in [4.69, 9.17) is 0 Å². The molecule has 0 aromatic rings. The molecule has 2 unspecified atom stereocenters. The van der Waals surface area contributed by atoms with Crippen LogP contribution in [0.5, 0.6) is 0 Å². The summed E-state index contributed by atoms with van der Waals surface area (Å²) >= 11 is 0. The van der Waals surface area contributed by atoms with Gasteiger partial charge in [-0.05, 0) is 57.5 Å². The quantitative estimate of drug-likeness (QED) is 0.804. The number of rotatable bonds is 1. The van der Waals surface area contributed by atoms with E-state index < -0.39 is 0 Å². The monoisotopic (exact) mass is 286 g/mol. The molecule has 0 aromatic heterocycles.